The Morgan fingerprint density at radius 3 is 1.59 bits per heavy atom. The Hall–Kier alpha value is -1.75. The van der Waals surface area contributed by atoms with Crippen LogP contribution < -0.4 is 11.5 Å². The van der Waals surface area contributed by atoms with Crippen molar-refractivity contribution >= 4 is 18.3 Å². The van der Waals surface area contributed by atoms with Crippen LogP contribution in [0.5, 0.6) is 0 Å². The highest BCUT2D eigenvalue weighted by molar-refractivity contribution is 5.73. The number of hydrogen-bond donors (Lipinski definition) is 7. The van der Waals surface area contributed by atoms with E-state index in [1.807, 2.05) is 0 Å². The third-order valence-corrected chi connectivity index (χ3v) is 1.42. The van der Waals surface area contributed by atoms with Gasteiger partial charge in [-0.1, -0.05) is 0 Å². The lowest BCUT2D eigenvalue weighted by Crippen LogP contribution is -2.48. The summed E-state index contributed by atoms with van der Waals surface area (Å²) in [5, 5.41) is 43.2. The van der Waals surface area contributed by atoms with Gasteiger partial charge in [0.25, 0.3) is 0 Å². The summed E-state index contributed by atoms with van der Waals surface area (Å²) in [6.45, 7) is 0. The molecule has 0 heterocycles. The van der Waals surface area contributed by atoms with Gasteiger partial charge in [0.05, 0.1) is 0 Å². The number of amides is 2. The number of rotatable bonds is 5. The van der Waals surface area contributed by atoms with Crippen LogP contribution in [0.15, 0.2) is 0 Å². The number of aldehydes is 1. The molecule has 0 aliphatic rings. The Bertz CT molecular complexity index is 267. The molecule has 10 nitrogen and oxygen atoms in total. The first-order chi connectivity index (χ1) is 7.64. The van der Waals surface area contributed by atoms with Crippen LogP contribution in [0.4, 0.5) is 4.79 Å². The molecular weight excluding hydrogens is 240 g/mol. The van der Waals surface area contributed by atoms with E-state index in [-0.39, 0.29) is 6.29 Å². The second-order valence-corrected chi connectivity index (χ2v) is 2.79. The summed E-state index contributed by atoms with van der Waals surface area (Å²) in [5.41, 5.74) is 8.50. The van der Waals surface area contributed by atoms with Crippen LogP contribution in [-0.2, 0) is 9.59 Å². The number of nitrogens with two attached hydrogens (primary N) is 2. The van der Waals surface area contributed by atoms with Gasteiger partial charge in [-0.3, -0.25) is 0 Å². The molecule has 0 aromatic heterocycles. The van der Waals surface area contributed by atoms with E-state index in [1.54, 1.807) is 0 Å². The third kappa shape index (κ3) is 8.10. The highest BCUT2D eigenvalue weighted by atomic mass is 16.4. The molecule has 100 valence electrons. The standard InChI is InChI=1S/C6H10O7.CH4N2O/c7-1-2(8)3(9)4(10)5(11)6(12)13;2-1(3)4/h1-5,8-11H,(H,12,13);(H4,2,3,4). The van der Waals surface area contributed by atoms with Crippen LogP contribution in [0, 0.1) is 0 Å². The second-order valence-electron chi connectivity index (χ2n) is 2.79. The van der Waals surface area contributed by atoms with Crippen molar-refractivity contribution in [3.05, 3.63) is 0 Å². The number of aliphatic hydroxyl groups is 4. The number of carbonyl (C=O) groups is 3. The van der Waals surface area contributed by atoms with Gasteiger partial charge in [-0.05, 0) is 0 Å². The minimum Gasteiger partial charge on any atom is -0.479 e. The number of carboxylic acid groups (broad SMARTS) is 1. The molecule has 4 unspecified atom stereocenters. The van der Waals surface area contributed by atoms with Crippen molar-refractivity contribution in [3.8, 4) is 0 Å². The predicted molar refractivity (Wildman–Crippen MR) is 51.5 cm³/mol. The summed E-state index contributed by atoms with van der Waals surface area (Å²) in [6.07, 6.45) is -8.39. The fraction of sp³-hybridized carbons (Fsp3) is 0.571. The quantitative estimate of drug-likeness (QED) is 0.238. The molecule has 0 radical (unpaired) electrons. The predicted octanol–water partition coefficient (Wildman–Crippen LogP) is -4.26. The molecule has 4 atom stereocenters. The van der Waals surface area contributed by atoms with Gasteiger partial charge < -0.3 is 41.8 Å². The average Bonchev–Trinajstić information content (AvgIpc) is 2.23. The largest absolute Gasteiger partial charge is 0.479 e. The minimum atomic E-state index is -2.25. The van der Waals surface area contributed by atoms with Crippen molar-refractivity contribution in [2.75, 3.05) is 0 Å². The van der Waals surface area contributed by atoms with Crippen LogP contribution in [0.2, 0.25) is 0 Å². The van der Waals surface area contributed by atoms with E-state index in [2.05, 4.69) is 11.5 Å². The topological polar surface area (TPSA) is 204 Å². The molecule has 0 bridgehead atoms. The molecule has 0 aliphatic heterocycles. The van der Waals surface area contributed by atoms with Crippen molar-refractivity contribution in [2.45, 2.75) is 24.4 Å². The molecule has 0 aromatic carbocycles. The van der Waals surface area contributed by atoms with E-state index in [4.69, 9.17) is 30.3 Å². The summed E-state index contributed by atoms with van der Waals surface area (Å²) in [5.74, 6) is -1.76. The van der Waals surface area contributed by atoms with Crippen molar-refractivity contribution in [3.63, 3.8) is 0 Å². The van der Waals surface area contributed by atoms with Crippen LogP contribution >= 0.6 is 0 Å². The Morgan fingerprint density at radius 1 is 1.00 bits per heavy atom. The highest BCUT2D eigenvalue weighted by Crippen LogP contribution is 2.03. The molecule has 2 amide bonds. The smallest absolute Gasteiger partial charge is 0.335 e. The molecule has 0 saturated heterocycles. The van der Waals surface area contributed by atoms with Crippen LogP contribution in [-0.4, -0.2) is 68.2 Å². The molecule has 0 saturated carbocycles. The van der Waals surface area contributed by atoms with Crippen molar-refractivity contribution in [1.29, 1.82) is 0 Å². The zero-order valence-corrected chi connectivity index (χ0v) is 8.50. The van der Waals surface area contributed by atoms with Crippen molar-refractivity contribution < 1.29 is 39.9 Å². The lowest BCUT2D eigenvalue weighted by atomic mass is 10.0. The Kier molecular flexibility index (Phi) is 8.72. The maximum atomic E-state index is 10.1. The van der Waals surface area contributed by atoms with Gasteiger partial charge in [0.2, 0.25) is 0 Å². The highest BCUT2D eigenvalue weighted by Gasteiger charge is 2.33. The number of carboxylic acids is 1. The molecule has 0 rings (SSSR count). The van der Waals surface area contributed by atoms with Gasteiger partial charge in [0.15, 0.2) is 12.4 Å². The molecule has 0 aromatic rings. The Balaban J connectivity index is 0. The third-order valence-electron chi connectivity index (χ3n) is 1.42. The zero-order valence-electron chi connectivity index (χ0n) is 8.50. The van der Waals surface area contributed by atoms with Crippen molar-refractivity contribution in [1.82, 2.24) is 0 Å². The van der Waals surface area contributed by atoms with E-state index in [0.717, 1.165) is 0 Å². The minimum absolute atomic E-state index is 0.0809. The molecule has 9 N–H and O–H groups in total. The van der Waals surface area contributed by atoms with Crippen molar-refractivity contribution in [2.24, 2.45) is 11.5 Å². The maximum absolute atomic E-state index is 10.1. The lowest BCUT2D eigenvalue weighted by Gasteiger charge is -2.21. The Labute approximate surface area is 95.1 Å². The summed E-state index contributed by atoms with van der Waals surface area (Å²) in [4.78, 5) is 29.0. The first kappa shape index (κ1) is 17.6. The van der Waals surface area contributed by atoms with Gasteiger partial charge in [-0.15, -0.1) is 0 Å². The molecule has 10 heteroatoms. The van der Waals surface area contributed by atoms with Gasteiger partial charge in [0.1, 0.15) is 18.3 Å². The molecule has 0 aliphatic carbocycles. The molecule has 0 fully saturated rings. The SMILES string of the molecule is NC(N)=O.O=CC(O)C(O)C(O)C(O)C(=O)O. The summed E-state index contributed by atoms with van der Waals surface area (Å²) < 4.78 is 0. The van der Waals surface area contributed by atoms with E-state index in [1.165, 1.54) is 0 Å². The first-order valence-corrected chi connectivity index (χ1v) is 4.10. The lowest BCUT2D eigenvalue weighted by molar-refractivity contribution is -0.163. The van der Waals surface area contributed by atoms with Crippen LogP contribution in [0.3, 0.4) is 0 Å². The Morgan fingerprint density at radius 2 is 1.35 bits per heavy atom. The summed E-state index contributed by atoms with van der Waals surface area (Å²) >= 11 is 0. The molecule has 17 heavy (non-hydrogen) atoms. The first-order valence-electron chi connectivity index (χ1n) is 4.10. The number of primary amides is 2. The maximum Gasteiger partial charge on any atom is 0.335 e. The number of hydrogen-bond acceptors (Lipinski definition) is 7. The monoisotopic (exact) mass is 254 g/mol. The van der Waals surface area contributed by atoms with E-state index in [9.17, 15) is 9.59 Å². The number of aliphatic carboxylic acids is 1. The number of carbonyl (C=O) groups excluding carboxylic acids is 2. The molecular formula is C7H14N2O8. The van der Waals surface area contributed by atoms with E-state index >= 15 is 0 Å². The average molecular weight is 254 g/mol. The van der Waals surface area contributed by atoms with Gasteiger partial charge >= 0.3 is 12.0 Å². The summed E-state index contributed by atoms with van der Waals surface area (Å²) in [6, 6.07) is -0.833. The number of aliphatic hydroxyl groups excluding tert-OH is 4. The van der Waals surface area contributed by atoms with Gasteiger partial charge in [0, 0.05) is 0 Å². The van der Waals surface area contributed by atoms with E-state index in [0.29, 0.717) is 0 Å². The number of urea groups is 1. The molecule has 0 spiro atoms. The fourth-order valence-electron chi connectivity index (χ4n) is 0.615. The normalized spacial score (nSPS) is 16.7. The second kappa shape index (κ2) is 8.41. The van der Waals surface area contributed by atoms with E-state index < -0.39 is 36.4 Å². The van der Waals surface area contributed by atoms with Crippen LogP contribution in [0.1, 0.15) is 0 Å². The van der Waals surface area contributed by atoms with Gasteiger partial charge in [-0.25, -0.2) is 9.59 Å². The summed E-state index contributed by atoms with van der Waals surface area (Å²) in [7, 11) is 0. The van der Waals surface area contributed by atoms with Gasteiger partial charge in [-0.2, -0.15) is 0 Å². The fourth-order valence-corrected chi connectivity index (χ4v) is 0.615. The zero-order chi connectivity index (χ0) is 14.2. The van der Waals surface area contributed by atoms with Crippen LogP contribution in [0.25, 0.3) is 0 Å².